The first-order chi connectivity index (χ1) is 9.95. The third-order valence-corrected chi connectivity index (χ3v) is 3.81. The number of anilines is 1. The summed E-state index contributed by atoms with van der Waals surface area (Å²) in [5.74, 6) is -0.187. The summed E-state index contributed by atoms with van der Waals surface area (Å²) in [4.78, 5) is 11.9. The van der Waals surface area contributed by atoms with E-state index in [2.05, 4.69) is 5.32 Å². The van der Waals surface area contributed by atoms with E-state index in [-0.39, 0.29) is 5.91 Å². The molecule has 4 heteroatoms. The number of amides is 1. The van der Waals surface area contributed by atoms with Crippen molar-refractivity contribution in [3.8, 4) is 0 Å². The minimum atomic E-state index is -0.880. The lowest BCUT2D eigenvalue weighted by Crippen LogP contribution is -2.45. The molecule has 4 nitrogen and oxygen atoms in total. The molecule has 1 aliphatic carbocycles. The molecule has 3 N–H and O–H groups in total. The standard InChI is InChI=1S/C17H26N2O2/c1-17(2,18)16(20)19-14-8-6-7-13(11-14)12-21-15-9-4-3-5-10-15/h6-8,11,15H,3-5,9-10,12,18H2,1-2H3,(H,19,20). The predicted octanol–water partition coefficient (Wildman–Crippen LogP) is 3.21. The van der Waals surface area contributed by atoms with Gasteiger partial charge in [-0.15, -0.1) is 0 Å². The van der Waals surface area contributed by atoms with Gasteiger partial charge in [-0.2, -0.15) is 0 Å². The number of carbonyl (C=O) groups is 1. The van der Waals surface area contributed by atoms with Gasteiger partial charge < -0.3 is 15.8 Å². The van der Waals surface area contributed by atoms with Crippen LogP contribution in [0, 0.1) is 0 Å². The minimum absolute atomic E-state index is 0.187. The summed E-state index contributed by atoms with van der Waals surface area (Å²) in [5, 5.41) is 2.84. The Labute approximate surface area is 127 Å². The third kappa shape index (κ3) is 5.14. The lowest BCUT2D eigenvalue weighted by Gasteiger charge is -2.22. The van der Waals surface area contributed by atoms with Crippen LogP contribution in [0.2, 0.25) is 0 Å². The van der Waals surface area contributed by atoms with E-state index in [1.165, 1.54) is 19.3 Å². The molecule has 0 spiro atoms. The molecule has 116 valence electrons. The van der Waals surface area contributed by atoms with E-state index in [4.69, 9.17) is 10.5 Å². The molecular weight excluding hydrogens is 264 g/mol. The molecule has 0 heterocycles. The largest absolute Gasteiger partial charge is 0.374 e. The van der Waals surface area contributed by atoms with E-state index in [9.17, 15) is 4.79 Å². The van der Waals surface area contributed by atoms with Crippen LogP contribution in [0.25, 0.3) is 0 Å². The molecule has 2 rings (SSSR count). The van der Waals surface area contributed by atoms with Crippen molar-refractivity contribution >= 4 is 11.6 Å². The third-order valence-electron chi connectivity index (χ3n) is 3.81. The summed E-state index contributed by atoms with van der Waals surface area (Å²) in [6, 6.07) is 7.77. The second-order valence-corrected chi connectivity index (χ2v) is 6.45. The van der Waals surface area contributed by atoms with Gasteiger partial charge in [0.1, 0.15) is 0 Å². The average Bonchev–Trinajstić information content (AvgIpc) is 2.46. The Morgan fingerprint density at radius 2 is 2.05 bits per heavy atom. The second-order valence-electron chi connectivity index (χ2n) is 6.45. The first-order valence-electron chi connectivity index (χ1n) is 7.76. The molecule has 0 atom stereocenters. The van der Waals surface area contributed by atoms with E-state index < -0.39 is 5.54 Å². The number of nitrogens with two attached hydrogens (primary N) is 1. The Kier molecular flexibility index (Phi) is 5.37. The molecule has 1 aliphatic rings. The summed E-state index contributed by atoms with van der Waals surface area (Å²) < 4.78 is 5.96. The maximum Gasteiger partial charge on any atom is 0.243 e. The lowest BCUT2D eigenvalue weighted by atomic mass is 9.98. The van der Waals surface area contributed by atoms with Crippen molar-refractivity contribution in [1.82, 2.24) is 0 Å². The number of benzene rings is 1. The Hall–Kier alpha value is -1.39. The van der Waals surface area contributed by atoms with Gasteiger partial charge in [-0.05, 0) is 44.4 Å². The zero-order valence-corrected chi connectivity index (χ0v) is 13.0. The molecule has 1 aromatic rings. The Morgan fingerprint density at radius 3 is 2.71 bits per heavy atom. The van der Waals surface area contributed by atoms with Crippen molar-refractivity contribution in [3.63, 3.8) is 0 Å². The Balaban J connectivity index is 1.89. The van der Waals surface area contributed by atoms with Crippen molar-refractivity contribution < 1.29 is 9.53 Å². The monoisotopic (exact) mass is 290 g/mol. The van der Waals surface area contributed by atoms with Gasteiger partial charge in [-0.3, -0.25) is 4.79 Å². The number of rotatable bonds is 5. The zero-order chi connectivity index (χ0) is 15.3. The molecule has 21 heavy (non-hydrogen) atoms. The molecule has 1 fully saturated rings. The summed E-state index contributed by atoms with van der Waals surface area (Å²) >= 11 is 0. The van der Waals surface area contributed by atoms with E-state index in [1.54, 1.807) is 13.8 Å². The first kappa shape index (κ1) is 16.0. The van der Waals surface area contributed by atoms with Crippen LogP contribution in [0.3, 0.4) is 0 Å². The zero-order valence-electron chi connectivity index (χ0n) is 13.0. The van der Waals surface area contributed by atoms with Crippen LogP contribution in [0.1, 0.15) is 51.5 Å². The number of hydrogen-bond donors (Lipinski definition) is 2. The molecule has 1 amide bonds. The SMILES string of the molecule is CC(C)(N)C(=O)Nc1cccc(COC2CCCCC2)c1. The fraction of sp³-hybridized carbons (Fsp3) is 0.588. The van der Waals surface area contributed by atoms with Crippen LogP contribution in [-0.4, -0.2) is 17.6 Å². The summed E-state index contributed by atoms with van der Waals surface area (Å²) in [7, 11) is 0. The van der Waals surface area contributed by atoms with Crippen molar-refractivity contribution in [2.75, 3.05) is 5.32 Å². The fourth-order valence-corrected chi connectivity index (χ4v) is 2.48. The number of ether oxygens (including phenoxy) is 1. The summed E-state index contributed by atoms with van der Waals surface area (Å²) in [6.45, 7) is 3.98. The summed E-state index contributed by atoms with van der Waals surface area (Å²) in [6.07, 6.45) is 6.59. The normalized spacial score (nSPS) is 16.7. The number of nitrogens with one attached hydrogen (secondary N) is 1. The van der Waals surface area contributed by atoms with Crippen LogP contribution in [-0.2, 0) is 16.1 Å². The molecule has 0 bridgehead atoms. The maximum atomic E-state index is 11.9. The van der Waals surface area contributed by atoms with Gasteiger partial charge >= 0.3 is 0 Å². The van der Waals surface area contributed by atoms with E-state index in [0.29, 0.717) is 12.7 Å². The van der Waals surface area contributed by atoms with Gasteiger partial charge in [0.2, 0.25) is 5.91 Å². The van der Waals surface area contributed by atoms with Crippen LogP contribution in [0.4, 0.5) is 5.69 Å². The highest BCUT2D eigenvalue weighted by atomic mass is 16.5. The van der Waals surface area contributed by atoms with Crippen molar-refractivity contribution in [2.45, 2.75) is 64.2 Å². The van der Waals surface area contributed by atoms with Gasteiger partial charge in [0.25, 0.3) is 0 Å². The highest BCUT2D eigenvalue weighted by Crippen LogP contribution is 2.22. The van der Waals surface area contributed by atoms with Crippen LogP contribution < -0.4 is 11.1 Å². The van der Waals surface area contributed by atoms with Gasteiger partial charge in [0, 0.05) is 5.69 Å². The van der Waals surface area contributed by atoms with Gasteiger partial charge in [0.15, 0.2) is 0 Å². The Bertz CT molecular complexity index is 474. The quantitative estimate of drug-likeness (QED) is 0.875. The van der Waals surface area contributed by atoms with Gasteiger partial charge in [-0.1, -0.05) is 31.4 Å². The Morgan fingerprint density at radius 1 is 1.33 bits per heavy atom. The molecule has 1 aromatic carbocycles. The van der Waals surface area contributed by atoms with Crippen LogP contribution in [0.15, 0.2) is 24.3 Å². The topological polar surface area (TPSA) is 64.4 Å². The van der Waals surface area contributed by atoms with Crippen LogP contribution in [0.5, 0.6) is 0 Å². The first-order valence-corrected chi connectivity index (χ1v) is 7.76. The second kappa shape index (κ2) is 7.05. The van der Waals surface area contributed by atoms with E-state index in [0.717, 1.165) is 24.1 Å². The molecule has 0 saturated heterocycles. The molecule has 0 aliphatic heterocycles. The lowest BCUT2D eigenvalue weighted by molar-refractivity contribution is -0.120. The van der Waals surface area contributed by atoms with Crippen LogP contribution >= 0.6 is 0 Å². The predicted molar refractivity (Wildman–Crippen MR) is 85.0 cm³/mol. The molecule has 0 radical (unpaired) electrons. The van der Waals surface area contributed by atoms with Crippen molar-refractivity contribution in [2.24, 2.45) is 5.73 Å². The fourth-order valence-electron chi connectivity index (χ4n) is 2.48. The highest BCUT2D eigenvalue weighted by Gasteiger charge is 2.21. The van der Waals surface area contributed by atoms with E-state index in [1.807, 2.05) is 24.3 Å². The smallest absolute Gasteiger partial charge is 0.243 e. The average molecular weight is 290 g/mol. The maximum absolute atomic E-state index is 11.9. The minimum Gasteiger partial charge on any atom is -0.374 e. The number of hydrogen-bond acceptors (Lipinski definition) is 3. The molecule has 1 saturated carbocycles. The van der Waals surface area contributed by atoms with E-state index >= 15 is 0 Å². The van der Waals surface area contributed by atoms with Gasteiger partial charge in [0.05, 0.1) is 18.2 Å². The van der Waals surface area contributed by atoms with Crippen molar-refractivity contribution in [3.05, 3.63) is 29.8 Å². The molecule has 0 aromatic heterocycles. The summed E-state index contributed by atoms with van der Waals surface area (Å²) in [5.41, 5.74) is 6.75. The van der Waals surface area contributed by atoms with Gasteiger partial charge in [-0.25, -0.2) is 0 Å². The molecule has 0 unspecified atom stereocenters. The highest BCUT2D eigenvalue weighted by molar-refractivity contribution is 5.97. The molecular formula is C17H26N2O2. The van der Waals surface area contributed by atoms with Crippen molar-refractivity contribution in [1.29, 1.82) is 0 Å². The number of carbonyl (C=O) groups excluding carboxylic acids is 1.